The molecule has 0 amide bonds. The third kappa shape index (κ3) is 0.859. The van der Waals surface area contributed by atoms with E-state index in [4.69, 9.17) is 5.11 Å². The molecule has 10 heavy (non-hydrogen) atoms. The van der Waals surface area contributed by atoms with Crippen LogP contribution >= 0.6 is 0 Å². The molecule has 1 aromatic heterocycles. The van der Waals surface area contributed by atoms with Gasteiger partial charge in [0.05, 0.1) is 0 Å². The first-order valence-corrected chi connectivity index (χ1v) is 4.87. The molecule has 0 radical (unpaired) electrons. The van der Waals surface area contributed by atoms with E-state index in [1.807, 2.05) is 6.07 Å². The molecule has 50 valence electrons. The van der Waals surface area contributed by atoms with Crippen molar-refractivity contribution < 1.29 is 5.11 Å². The minimum atomic E-state index is 0.362. The standard InChI is InChI=1S/C8H6OSe/c9-7-1-2-8-6(5-7)3-4-10-8/h1-5,9H. The van der Waals surface area contributed by atoms with Gasteiger partial charge in [-0.05, 0) is 0 Å². The second kappa shape index (κ2) is 2.15. The Morgan fingerprint density at radius 2 is 2.10 bits per heavy atom. The molecule has 0 aliphatic heterocycles. The third-order valence-electron chi connectivity index (χ3n) is 1.44. The number of fused-ring (bicyclic) bond motifs is 1. The molecule has 0 aliphatic rings. The molecule has 2 heteroatoms. The summed E-state index contributed by atoms with van der Waals surface area (Å²) in [5.74, 6) is 0.362. The molecule has 0 aliphatic carbocycles. The molecule has 1 nitrogen and oxygen atoms in total. The third-order valence-corrected chi connectivity index (χ3v) is 3.32. The second-order valence-corrected chi connectivity index (χ2v) is 4.13. The summed E-state index contributed by atoms with van der Waals surface area (Å²) in [6.45, 7) is 0. The van der Waals surface area contributed by atoms with Crippen LogP contribution in [-0.2, 0) is 0 Å². The van der Waals surface area contributed by atoms with Gasteiger partial charge in [-0.15, -0.1) is 0 Å². The van der Waals surface area contributed by atoms with Crippen LogP contribution in [0.3, 0.4) is 0 Å². The van der Waals surface area contributed by atoms with Gasteiger partial charge in [-0.3, -0.25) is 0 Å². The van der Waals surface area contributed by atoms with Gasteiger partial charge in [-0.1, -0.05) is 0 Å². The molecule has 0 unspecified atom stereocenters. The van der Waals surface area contributed by atoms with E-state index >= 15 is 0 Å². The van der Waals surface area contributed by atoms with Crippen LogP contribution in [0.5, 0.6) is 5.75 Å². The fourth-order valence-electron chi connectivity index (χ4n) is 0.954. The quantitative estimate of drug-likeness (QED) is 0.636. The van der Waals surface area contributed by atoms with Crippen molar-refractivity contribution >= 4 is 24.1 Å². The number of benzene rings is 1. The number of rotatable bonds is 0. The van der Waals surface area contributed by atoms with E-state index in [1.54, 1.807) is 12.1 Å². The molecular formula is C8H6OSe. The maximum atomic E-state index is 9.07. The van der Waals surface area contributed by atoms with Crippen molar-refractivity contribution in [1.82, 2.24) is 0 Å². The van der Waals surface area contributed by atoms with Gasteiger partial charge in [-0.25, -0.2) is 0 Å². The first-order chi connectivity index (χ1) is 4.86. The first kappa shape index (κ1) is 6.02. The van der Waals surface area contributed by atoms with E-state index in [1.165, 1.54) is 9.65 Å². The molecule has 2 rings (SSSR count). The Balaban J connectivity index is 2.86. The molecule has 1 aromatic carbocycles. The fourth-order valence-corrected chi connectivity index (χ4v) is 2.57. The van der Waals surface area contributed by atoms with Crippen LogP contribution in [0.25, 0.3) is 9.65 Å². The number of aromatic hydroxyl groups is 1. The SMILES string of the molecule is Oc1ccc2[se]ccc2c1. The van der Waals surface area contributed by atoms with E-state index in [9.17, 15) is 0 Å². The summed E-state index contributed by atoms with van der Waals surface area (Å²) in [7, 11) is 0. The average molecular weight is 197 g/mol. The molecule has 0 atom stereocenters. The van der Waals surface area contributed by atoms with Gasteiger partial charge in [-0.2, -0.15) is 0 Å². The molecule has 0 saturated heterocycles. The number of hydrogen-bond donors (Lipinski definition) is 1. The van der Waals surface area contributed by atoms with Crippen molar-refractivity contribution in [3.63, 3.8) is 0 Å². The van der Waals surface area contributed by atoms with Crippen LogP contribution in [0.15, 0.2) is 29.2 Å². The summed E-state index contributed by atoms with van der Waals surface area (Å²) < 4.78 is 1.37. The summed E-state index contributed by atoms with van der Waals surface area (Å²) in [4.78, 5) is 2.16. The Bertz CT molecular complexity index is 351. The molecule has 0 spiro atoms. The summed E-state index contributed by atoms with van der Waals surface area (Å²) in [5, 5.41) is 10.2. The van der Waals surface area contributed by atoms with Crippen molar-refractivity contribution in [3.8, 4) is 5.75 Å². The summed E-state index contributed by atoms with van der Waals surface area (Å²) in [6.07, 6.45) is 0. The molecule has 1 heterocycles. The molecule has 0 bridgehead atoms. The monoisotopic (exact) mass is 198 g/mol. The number of hydrogen-bond acceptors (Lipinski definition) is 1. The van der Waals surface area contributed by atoms with Gasteiger partial charge < -0.3 is 0 Å². The van der Waals surface area contributed by atoms with E-state index in [-0.39, 0.29) is 0 Å². The number of phenolic OH excluding ortho intramolecular Hbond substituents is 1. The molecule has 0 fully saturated rings. The number of phenols is 1. The Morgan fingerprint density at radius 3 is 3.00 bits per heavy atom. The normalized spacial score (nSPS) is 10.4. The maximum absolute atomic E-state index is 9.07. The topological polar surface area (TPSA) is 20.2 Å². The van der Waals surface area contributed by atoms with Gasteiger partial charge >= 0.3 is 64.2 Å². The fraction of sp³-hybridized carbons (Fsp3) is 0. The summed E-state index contributed by atoms with van der Waals surface area (Å²) in [6, 6.07) is 7.61. The van der Waals surface area contributed by atoms with Gasteiger partial charge in [0.25, 0.3) is 0 Å². The molecule has 0 saturated carbocycles. The van der Waals surface area contributed by atoms with E-state index < -0.39 is 0 Å². The predicted octanol–water partition coefficient (Wildman–Crippen LogP) is 1.60. The van der Waals surface area contributed by atoms with Crippen LogP contribution in [-0.4, -0.2) is 19.6 Å². The zero-order valence-corrected chi connectivity index (χ0v) is 6.96. The Kier molecular flexibility index (Phi) is 1.30. The van der Waals surface area contributed by atoms with Gasteiger partial charge in [0.2, 0.25) is 0 Å². The van der Waals surface area contributed by atoms with Gasteiger partial charge in [0, 0.05) is 0 Å². The minimum absolute atomic E-state index is 0.362. The van der Waals surface area contributed by atoms with Crippen LogP contribution in [0.1, 0.15) is 0 Å². The van der Waals surface area contributed by atoms with Crippen molar-refractivity contribution in [2.24, 2.45) is 0 Å². The Morgan fingerprint density at radius 1 is 1.20 bits per heavy atom. The van der Waals surface area contributed by atoms with Gasteiger partial charge in [0.15, 0.2) is 0 Å². The van der Waals surface area contributed by atoms with Crippen molar-refractivity contribution in [2.45, 2.75) is 0 Å². The van der Waals surface area contributed by atoms with E-state index in [2.05, 4.69) is 11.0 Å². The summed E-state index contributed by atoms with van der Waals surface area (Å²) in [5.41, 5.74) is 0. The van der Waals surface area contributed by atoms with Crippen LogP contribution in [0.2, 0.25) is 0 Å². The van der Waals surface area contributed by atoms with Crippen LogP contribution < -0.4 is 0 Å². The Hall–Kier alpha value is -0.721. The van der Waals surface area contributed by atoms with Crippen LogP contribution in [0.4, 0.5) is 0 Å². The average Bonchev–Trinajstić information content (AvgIpc) is 2.33. The molecular weight excluding hydrogens is 191 g/mol. The van der Waals surface area contributed by atoms with E-state index in [0.29, 0.717) is 20.3 Å². The van der Waals surface area contributed by atoms with Crippen molar-refractivity contribution in [1.29, 1.82) is 0 Å². The van der Waals surface area contributed by atoms with Gasteiger partial charge in [0.1, 0.15) is 0 Å². The predicted molar refractivity (Wildman–Crippen MR) is 42.6 cm³/mol. The first-order valence-electron chi connectivity index (χ1n) is 3.02. The van der Waals surface area contributed by atoms with Crippen molar-refractivity contribution in [2.75, 3.05) is 0 Å². The Labute approximate surface area is 64.7 Å². The zero-order valence-electron chi connectivity index (χ0n) is 5.24. The zero-order chi connectivity index (χ0) is 6.97. The van der Waals surface area contributed by atoms with E-state index in [0.717, 1.165) is 0 Å². The second-order valence-electron chi connectivity index (χ2n) is 2.14. The van der Waals surface area contributed by atoms with Crippen LogP contribution in [0, 0.1) is 0 Å². The molecule has 1 N–H and O–H groups in total. The van der Waals surface area contributed by atoms with Crippen molar-refractivity contribution in [3.05, 3.63) is 29.2 Å². The summed E-state index contributed by atoms with van der Waals surface area (Å²) >= 11 is 0.503. The molecule has 2 aromatic rings.